The molecule has 2 unspecified atom stereocenters. The molecule has 0 aliphatic rings. The van der Waals surface area contributed by atoms with E-state index in [2.05, 4.69) is 58.9 Å². The number of hydrogen-bond acceptors (Lipinski definition) is 15. The molecule has 0 saturated carbocycles. The first-order chi connectivity index (χ1) is 44.5. The van der Waals surface area contributed by atoms with Crippen molar-refractivity contribution in [1.29, 1.82) is 0 Å². The number of esters is 4. The highest BCUT2D eigenvalue weighted by Gasteiger charge is 2.30. The van der Waals surface area contributed by atoms with Crippen LogP contribution in [0.25, 0.3) is 0 Å². The molecule has 92 heavy (non-hydrogen) atoms. The Morgan fingerprint density at radius 2 is 0.587 bits per heavy atom. The molecule has 0 aliphatic heterocycles. The van der Waals surface area contributed by atoms with Gasteiger partial charge in [0.2, 0.25) is 0 Å². The third-order valence-electron chi connectivity index (χ3n) is 16.4. The predicted molar refractivity (Wildman–Crippen MR) is 372 cm³/mol. The molecule has 17 nitrogen and oxygen atoms in total. The molecule has 0 aromatic heterocycles. The first kappa shape index (κ1) is 89.5. The summed E-state index contributed by atoms with van der Waals surface area (Å²) in [5.41, 5.74) is 0. The number of carbonyl (C=O) groups excluding carboxylic acids is 4. The second kappa shape index (κ2) is 65.8. The van der Waals surface area contributed by atoms with Crippen LogP contribution >= 0.6 is 15.6 Å². The van der Waals surface area contributed by atoms with Gasteiger partial charge in [-0.25, -0.2) is 9.13 Å². The second-order valence-electron chi connectivity index (χ2n) is 26.1. The highest BCUT2D eigenvalue weighted by molar-refractivity contribution is 7.47. The molecule has 0 radical (unpaired) electrons. The largest absolute Gasteiger partial charge is 0.472 e. The molecule has 19 heteroatoms. The Morgan fingerprint density at radius 1 is 0.337 bits per heavy atom. The number of phosphoric ester groups is 2. The number of ether oxygens (including phenoxy) is 4. The highest BCUT2D eigenvalue weighted by atomic mass is 31.2. The minimum Gasteiger partial charge on any atom is -0.462 e. The van der Waals surface area contributed by atoms with Crippen molar-refractivity contribution in [3.63, 3.8) is 0 Å². The summed E-state index contributed by atoms with van der Waals surface area (Å²) in [5.74, 6) is -1.42. The van der Waals surface area contributed by atoms with Crippen molar-refractivity contribution >= 4 is 39.5 Å². The zero-order valence-corrected chi connectivity index (χ0v) is 61.0. The molecule has 3 N–H and O–H groups in total. The Hall–Kier alpha value is -2.46. The minimum atomic E-state index is -4.96. The van der Waals surface area contributed by atoms with Crippen molar-refractivity contribution in [2.45, 2.75) is 374 Å². The van der Waals surface area contributed by atoms with E-state index in [4.69, 9.17) is 37.0 Å². The molecule has 0 rings (SSSR count). The van der Waals surface area contributed by atoms with Crippen LogP contribution in [0.5, 0.6) is 0 Å². The fraction of sp³-hybridized carbons (Fsp3) is 0.890. The quantitative estimate of drug-likeness (QED) is 0.0169. The van der Waals surface area contributed by atoms with Crippen LogP contribution in [0.2, 0.25) is 0 Å². The molecule has 0 aromatic rings. The van der Waals surface area contributed by atoms with Crippen LogP contribution in [0.1, 0.15) is 356 Å². The summed E-state index contributed by atoms with van der Waals surface area (Å²) < 4.78 is 68.4. The van der Waals surface area contributed by atoms with Gasteiger partial charge in [-0.2, -0.15) is 0 Å². The van der Waals surface area contributed by atoms with Crippen molar-refractivity contribution in [3.05, 3.63) is 24.3 Å². The number of aliphatic hydroxyl groups excluding tert-OH is 1. The number of rotatable bonds is 71. The summed E-state index contributed by atoms with van der Waals surface area (Å²) in [7, 11) is -9.92. The maximum Gasteiger partial charge on any atom is 0.472 e. The number of hydrogen-bond donors (Lipinski definition) is 3. The molecule has 0 saturated heterocycles. The van der Waals surface area contributed by atoms with Crippen molar-refractivity contribution in [2.24, 2.45) is 5.92 Å². The van der Waals surface area contributed by atoms with E-state index < -0.39 is 97.5 Å². The van der Waals surface area contributed by atoms with E-state index in [0.717, 1.165) is 109 Å². The first-order valence-electron chi connectivity index (χ1n) is 37.5. The molecular formula is C73H138O17P2. The third-order valence-corrected chi connectivity index (χ3v) is 18.3. The van der Waals surface area contributed by atoms with E-state index in [1.165, 1.54) is 167 Å². The van der Waals surface area contributed by atoms with E-state index in [9.17, 15) is 43.2 Å². The minimum absolute atomic E-state index is 0.0856. The number of carbonyl (C=O) groups is 4. The van der Waals surface area contributed by atoms with Gasteiger partial charge < -0.3 is 33.8 Å². The molecular weight excluding hydrogens is 1210 g/mol. The van der Waals surface area contributed by atoms with Gasteiger partial charge in [-0.1, -0.05) is 303 Å². The second-order valence-corrected chi connectivity index (χ2v) is 29.0. The number of aliphatic hydroxyl groups is 1. The van der Waals surface area contributed by atoms with Gasteiger partial charge in [0, 0.05) is 25.7 Å². The average molecular weight is 1350 g/mol. The Kier molecular flexibility index (Phi) is 64.0. The van der Waals surface area contributed by atoms with Gasteiger partial charge >= 0.3 is 39.5 Å². The maximum atomic E-state index is 13.0. The van der Waals surface area contributed by atoms with Crippen molar-refractivity contribution in [3.8, 4) is 0 Å². The Bertz CT molecular complexity index is 1860. The summed E-state index contributed by atoms with van der Waals surface area (Å²) in [5, 5.41) is 10.6. The van der Waals surface area contributed by atoms with Crippen LogP contribution in [0.15, 0.2) is 24.3 Å². The summed E-state index contributed by atoms with van der Waals surface area (Å²) in [6.45, 7) is 7.17. The third kappa shape index (κ3) is 66.2. The summed E-state index contributed by atoms with van der Waals surface area (Å²) >= 11 is 0. The lowest BCUT2D eigenvalue weighted by Gasteiger charge is -2.21. The molecule has 0 aromatic carbocycles. The SMILES string of the molecule is CCCCCC/C=C\C=C/CCCCCCCC(=O)O[C@H](COC(=O)CCCCCCCCCCCCCCCC)COP(=O)(O)OC[C@@H](O)COP(=O)(O)OC[C@@H](COC(=O)CCCCCCCCCCC(C)C)OC(=O)CCCCCCCCCCCCCC. The van der Waals surface area contributed by atoms with Crippen molar-refractivity contribution in [1.82, 2.24) is 0 Å². The van der Waals surface area contributed by atoms with E-state index in [1.807, 2.05) is 0 Å². The number of unbranched alkanes of at least 4 members (excludes halogenated alkanes) is 40. The molecule has 542 valence electrons. The number of phosphoric acid groups is 2. The Labute approximate surface area is 561 Å². The molecule has 0 spiro atoms. The topological polar surface area (TPSA) is 237 Å². The van der Waals surface area contributed by atoms with Crippen LogP contribution in [0, 0.1) is 5.92 Å². The van der Waals surface area contributed by atoms with Gasteiger partial charge in [-0.05, 0) is 57.3 Å². The first-order valence-corrected chi connectivity index (χ1v) is 40.4. The van der Waals surface area contributed by atoms with E-state index in [-0.39, 0.29) is 25.7 Å². The van der Waals surface area contributed by atoms with Crippen LogP contribution in [0.3, 0.4) is 0 Å². The Balaban J connectivity index is 5.29. The van der Waals surface area contributed by atoms with E-state index in [0.29, 0.717) is 25.7 Å². The van der Waals surface area contributed by atoms with E-state index in [1.54, 1.807) is 0 Å². The lowest BCUT2D eigenvalue weighted by Crippen LogP contribution is -2.30. The lowest BCUT2D eigenvalue weighted by atomic mass is 10.0. The molecule has 0 bridgehead atoms. The fourth-order valence-electron chi connectivity index (χ4n) is 10.6. The van der Waals surface area contributed by atoms with Gasteiger partial charge in [0.05, 0.1) is 26.4 Å². The van der Waals surface area contributed by atoms with Gasteiger partial charge in [0.25, 0.3) is 0 Å². The van der Waals surface area contributed by atoms with Crippen molar-refractivity contribution < 1.29 is 80.2 Å². The Morgan fingerprint density at radius 3 is 0.891 bits per heavy atom. The van der Waals surface area contributed by atoms with Crippen LogP contribution in [-0.4, -0.2) is 96.7 Å². The molecule has 0 heterocycles. The normalized spacial score (nSPS) is 14.2. The summed E-state index contributed by atoms with van der Waals surface area (Å²) in [4.78, 5) is 72.7. The standard InChI is InChI=1S/C73H138O17P2/c1-6-9-12-15-18-21-24-27-29-31-34-37-44-49-54-59-73(78)89-68(62-83-70(75)56-51-46-41-35-33-30-28-25-22-19-16-13-10-7-2)64-87-91(79,80)85-60-67(74)61-86-92(81,82)88-65-69(63-84-71(76)57-52-47-42-39-38-40-45-50-55-66(4)5)90-72(77)58-53-48-43-36-32-26-23-20-17-14-11-8-3/h21,24,27,29,66-69,74H,6-20,22-23,25-26,28,30-65H2,1-5H3,(H,79,80)(H,81,82)/b24-21-,29-27-/t67-,68-,69-/m1/s1. The van der Waals surface area contributed by atoms with Gasteiger partial charge in [-0.3, -0.25) is 37.3 Å². The predicted octanol–water partition coefficient (Wildman–Crippen LogP) is 20.9. The molecule has 5 atom stereocenters. The smallest absolute Gasteiger partial charge is 0.462 e. The van der Waals surface area contributed by atoms with Gasteiger partial charge in [0.1, 0.15) is 19.3 Å². The zero-order chi connectivity index (χ0) is 67.7. The highest BCUT2D eigenvalue weighted by Crippen LogP contribution is 2.45. The van der Waals surface area contributed by atoms with Crippen LogP contribution in [0.4, 0.5) is 0 Å². The fourth-order valence-corrected chi connectivity index (χ4v) is 12.2. The summed E-state index contributed by atoms with van der Waals surface area (Å²) in [6.07, 6.45) is 56.2. The average Bonchev–Trinajstić information content (AvgIpc) is 1.96. The van der Waals surface area contributed by atoms with Gasteiger partial charge in [-0.15, -0.1) is 0 Å². The summed E-state index contributed by atoms with van der Waals surface area (Å²) in [6, 6.07) is 0. The monoisotopic (exact) mass is 1350 g/mol. The van der Waals surface area contributed by atoms with Gasteiger partial charge in [0.15, 0.2) is 12.2 Å². The van der Waals surface area contributed by atoms with E-state index >= 15 is 0 Å². The lowest BCUT2D eigenvalue weighted by molar-refractivity contribution is -0.161. The molecule has 0 aliphatic carbocycles. The van der Waals surface area contributed by atoms with Crippen LogP contribution in [-0.2, 0) is 65.4 Å². The maximum absolute atomic E-state index is 13.0. The number of allylic oxidation sites excluding steroid dienone is 4. The molecule has 0 fully saturated rings. The zero-order valence-electron chi connectivity index (χ0n) is 59.2. The molecule has 0 amide bonds. The van der Waals surface area contributed by atoms with Crippen molar-refractivity contribution in [2.75, 3.05) is 39.6 Å². The van der Waals surface area contributed by atoms with Crippen LogP contribution < -0.4 is 0 Å².